The Kier molecular flexibility index (Phi) is 7.80. The van der Waals surface area contributed by atoms with E-state index in [-0.39, 0.29) is 6.54 Å². The van der Waals surface area contributed by atoms with Gasteiger partial charge in [0.2, 0.25) is 0 Å². The minimum atomic E-state index is -0.813. The second-order valence-corrected chi connectivity index (χ2v) is 6.58. The summed E-state index contributed by atoms with van der Waals surface area (Å²) in [6.07, 6.45) is 12.5. The maximum atomic E-state index is 11.1. The molecule has 0 spiro atoms. The van der Waals surface area contributed by atoms with E-state index < -0.39 is 5.97 Å². The van der Waals surface area contributed by atoms with Gasteiger partial charge in [-0.05, 0) is 18.6 Å². The Hall–Kier alpha value is -1.84. The number of benzene rings is 1. The van der Waals surface area contributed by atoms with E-state index >= 15 is 0 Å². The molecular formula is C20H30N2O2. The number of hydrogen-bond acceptors (Lipinski definition) is 2. The second-order valence-electron chi connectivity index (χ2n) is 6.58. The fraction of sp³-hybridized carbons (Fsp3) is 0.600. The Morgan fingerprint density at radius 1 is 1.00 bits per heavy atom. The monoisotopic (exact) mass is 330 g/mol. The highest BCUT2D eigenvalue weighted by Gasteiger charge is 2.12. The summed E-state index contributed by atoms with van der Waals surface area (Å²) in [5, 5.41) is 9.15. The van der Waals surface area contributed by atoms with Gasteiger partial charge < -0.3 is 9.67 Å². The number of unbranched alkanes of at least 4 members (excludes halogenated alkanes) is 8. The highest BCUT2D eigenvalue weighted by Crippen LogP contribution is 2.18. The van der Waals surface area contributed by atoms with E-state index in [4.69, 9.17) is 5.11 Å². The number of carbonyl (C=O) groups is 1. The molecule has 0 fully saturated rings. The number of para-hydroxylation sites is 2. The van der Waals surface area contributed by atoms with Gasteiger partial charge in [0, 0.05) is 6.42 Å². The summed E-state index contributed by atoms with van der Waals surface area (Å²) >= 11 is 0. The van der Waals surface area contributed by atoms with Crippen molar-refractivity contribution in [3.63, 3.8) is 0 Å². The van der Waals surface area contributed by atoms with Crippen molar-refractivity contribution < 1.29 is 9.90 Å². The smallest absolute Gasteiger partial charge is 0.323 e. The van der Waals surface area contributed by atoms with E-state index in [1.165, 1.54) is 51.4 Å². The third-order valence-corrected chi connectivity index (χ3v) is 4.53. The quantitative estimate of drug-likeness (QED) is 0.545. The normalized spacial score (nSPS) is 11.2. The van der Waals surface area contributed by atoms with Gasteiger partial charge >= 0.3 is 5.97 Å². The van der Waals surface area contributed by atoms with Crippen molar-refractivity contribution in [3.8, 4) is 0 Å². The number of carboxylic acid groups (broad SMARTS) is 1. The molecule has 0 unspecified atom stereocenters. The molecule has 1 heterocycles. The molecular weight excluding hydrogens is 300 g/mol. The van der Waals surface area contributed by atoms with Crippen LogP contribution >= 0.6 is 0 Å². The van der Waals surface area contributed by atoms with Crippen molar-refractivity contribution >= 4 is 17.0 Å². The molecule has 0 amide bonds. The molecule has 4 nitrogen and oxygen atoms in total. The van der Waals surface area contributed by atoms with Gasteiger partial charge in [-0.25, -0.2) is 4.98 Å². The van der Waals surface area contributed by atoms with Crippen LogP contribution in [0.4, 0.5) is 0 Å². The molecule has 2 rings (SSSR count). The van der Waals surface area contributed by atoms with Crippen molar-refractivity contribution in [2.24, 2.45) is 0 Å². The summed E-state index contributed by atoms with van der Waals surface area (Å²) in [7, 11) is 0. The van der Waals surface area contributed by atoms with Crippen molar-refractivity contribution in [3.05, 3.63) is 30.1 Å². The third kappa shape index (κ3) is 5.66. The number of carboxylic acids is 1. The zero-order chi connectivity index (χ0) is 17.2. The molecule has 1 aromatic heterocycles. The summed E-state index contributed by atoms with van der Waals surface area (Å²) in [5.74, 6) is 0.0908. The number of aromatic nitrogens is 2. The SMILES string of the molecule is CCCCCCCCCCCc1nc2ccccc2n1CC(=O)O. The Labute approximate surface area is 144 Å². The first-order chi connectivity index (χ1) is 11.7. The highest BCUT2D eigenvalue weighted by atomic mass is 16.4. The molecule has 2 aromatic rings. The van der Waals surface area contributed by atoms with E-state index in [9.17, 15) is 4.79 Å². The van der Waals surface area contributed by atoms with Gasteiger partial charge in [-0.15, -0.1) is 0 Å². The lowest BCUT2D eigenvalue weighted by Gasteiger charge is -2.06. The predicted octanol–water partition coefficient (Wildman–Crippen LogP) is 5.19. The minimum absolute atomic E-state index is 0.00667. The van der Waals surface area contributed by atoms with Gasteiger partial charge in [-0.1, -0.05) is 70.4 Å². The fourth-order valence-corrected chi connectivity index (χ4v) is 3.22. The molecule has 0 saturated carbocycles. The van der Waals surface area contributed by atoms with E-state index in [0.717, 1.165) is 29.7 Å². The summed E-state index contributed by atoms with van der Waals surface area (Å²) in [6, 6.07) is 7.78. The zero-order valence-corrected chi connectivity index (χ0v) is 14.8. The van der Waals surface area contributed by atoms with Gasteiger partial charge in [0.15, 0.2) is 0 Å². The molecule has 24 heavy (non-hydrogen) atoms. The standard InChI is InChI=1S/C20H30N2O2/c1-2-3-4-5-6-7-8-9-10-15-19-21-17-13-11-12-14-18(17)22(19)16-20(23)24/h11-14H,2-10,15-16H2,1H3,(H,23,24). The molecule has 4 heteroatoms. The number of rotatable bonds is 12. The second kappa shape index (κ2) is 10.1. The first kappa shape index (κ1) is 18.5. The van der Waals surface area contributed by atoms with Crippen LogP contribution in [0.15, 0.2) is 24.3 Å². The van der Waals surface area contributed by atoms with Gasteiger partial charge in [-0.3, -0.25) is 4.79 Å². The van der Waals surface area contributed by atoms with E-state index in [0.29, 0.717) is 0 Å². The van der Waals surface area contributed by atoms with Gasteiger partial charge in [0.1, 0.15) is 12.4 Å². The topological polar surface area (TPSA) is 55.1 Å². The van der Waals surface area contributed by atoms with Crippen molar-refractivity contribution in [1.82, 2.24) is 9.55 Å². The lowest BCUT2D eigenvalue weighted by atomic mass is 10.1. The first-order valence-electron chi connectivity index (χ1n) is 9.38. The Bertz CT molecular complexity index is 634. The summed E-state index contributed by atoms with van der Waals surface area (Å²) in [6.45, 7) is 2.24. The molecule has 0 atom stereocenters. The maximum Gasteiger partial charge on any atom is 0.323 e. The molecule has 0 aliphatic rings. The van der Waals surface area contributed by atoms with Crippen LogP contribution < -0.4 is 0 Å². The molecule has 1 aromatic carbocycles. The molecule has 1 N–H and O–H groups in total. The molecule has 0 aliphatic heterocycles. The average Bonchev–Trinajstić information content (AvgIpc) is 2.91. The zero-order valence-electron chi connectivity index (χ0n) is 14.8. The van der Waals surface area contributed by atoms with Crippen LogP contribution in [0.25, 0.3) is 11.0 Å². The van der Waals surface area contributed by atoms with Crippen LogP contribution in [-0.2, 0) is 17.8 Å². The lowest BCUT2D eigenvalue weighted by molar-refractivity contribution is -0.137. The largest absolute Gasteiger partial charge is 0.480 e. The van der Waals surface area contributed by atoms with Crippen LogP contribution in [0.3, 0.4) is 0 Å². The van der Waals surface area contributed by atoms with Crippen LogP contribution in [0.2, 0.25) is 0 Å². The number of aryl methyl sites for hydroxylation is 1. The molecule has 0 radical (unpaired) electrons. The van der Waals surface area contributed by atoms with E-state index in [1.807, 2.05) is 28.8 Å². The minimum Gasteiger partial charge on any atom is -0.480 e. The summed E-state index contributed by atoms with van der Waals surface area (Å²) in [5.41, 5.74) is 1.82. The maximum absolute atomic E-state index is 11.1. The molecule has 0 aliphatic carbocycles. The number of hydrogen-bond donors (Lipinski definition) is 1. The van der Waals surface area contributed by atoms with E-state index in [2.05, 4.69) is 11.9 Å². The van der Waals surface area contributed by atoms with Gasteiger partial charge in [0.05, 0.1) is 11.0 Å². The Morgan fingerprint density at radius 3 is 2.29 bits per heavy atom. The van der Waals surface area contributed by atoms with Crippen LogP contribution in [0, 0.1) is 0 Å². The van der Waals surface area contributed by atoms with Crippen molar-refractivity contribution in [2.75, 3.05) is 0 Å². The van der Waals surface area contributed by atoms with Gasteiger partial charge in [0.25, 0.3) is 0 Å². The molecule has 132 valence electrons. The molecule has 0 bridgehead atoms. The number of fused-ring (bicyclic) bond motifs is 1. The average molecular weight is 330 g/mol. The Morgan fingerprint density at radius 2 is 1.62 bits per heavy atom. The van der Waals surface area contributed by atoms with Gasteiger partial charge in [-0.2, -0.15) is 0 Å². The number of aliphatic carboxylic acids is 1. The summed E-state index contributed by atoms with van der Waals surface area (Å²) < 4.78 is 1.85. The Balaban J connectivity index is 1.79. The number of imidazole rings is 1. The molecule has 0 saturated heterocycles. The van der Waals surface area contributed by atoms with Crippen LogP contribution in [-0.4, -0.2) is 20.6 Å². The highest BCUT2D eigenvalue weighted by molar-refractivity contribution is 5.78. The van der Waals surface area contributed by atoms with Crippen LogP contribution in [0.5, 0.6) is 0 Å². The van der Waals surface area contributed by atoms with E-state index in [1.54, 1.807) is 0 Å². The third-order valence-electron chi connectivity index (χ3n) is 4.53. The first-order valence-corrected chi connectivity index (χ1v) is 9.38. The predicted molar refractivity (Wildman–Crippen MR) is 98.3 cm³/mol. The van der Waals surface area contributed by atoms with Crippen LogP contribution in [0.1, 0.15) is 70.5 Å². The lowest BCUT2D eigenvalue weighted by Crippen LogP contribution is -2.12. The number of nitrogens with zero attached hydrogens (tertiary/aromatic N) is 2. The fourth-order valence-electron chi connectivity index (χ4n) is 3.22. The van der Waals surface area contributed by atoms with Crippen molar-refractivity contribution in [1.29, 1.82) is 0 Å². The summed E-state index contributed by atoms with van der Waals surface area (Å²) in [4.78, 5) is 15.8. The van der Waals surface area contributed by atoms with Crippen molar-refractivity contribution in [2.45, 2.75) is 77.7 Å².